The van der Waals surface area contributed by atoms with Crippen molar-refractivity contribution in [3.8, 4) is 0 Å². The minimum Gasteiger partial charge on any atom is -0.399 e. The quantitative estimate of drug-likeness (QED) is 0.819. The van der Waals surface area contributed by atoms with Crippen molar-refractivity contribution in [3.63, 3.8) is 0 Å². The minimum atomic E-state index is -0.388. The lowest BCUT2D eigenvalue weighted by molar-refractivity contribution is -0.125. The summed E-state index contributed by atoms with van der Waals surface area (Å²) in [6.07, 6.45) is 2.23. The molecule has 0 aromatic heterocycles. The Morgan fingerprint density at radius 1 is 1.11 bits per heavy atom. The van der Waals surface area contributed by atoms with Gasteiger partial charge in [0.1, 0.15) is 5.78 Å². The second-order valence-corrected chi connectivity index (χ2v) is 9.24. The molecule has 1 aromatic rings. The minimum absolute atomic E-state index is 0.130. The van der Waals surface area contributed by atoms with Crippen molar-refractivity contribution < 1.29 is 18.8 Å². The topological polar surface area (TPSA) is 56.8 Å². The second-order valence-electron chi connectivity index (χ2n) is 9.24. The zero-order chi connectivity index (χ0) is 19.2. The van der Waals surface area contributed by atoms with Gasteiger partial charge in [-0.1, -0.05) is 24.3 Å². The Bertz CT molecular complexity index is 692. The number of carbonyl (C=O) groups is 1. The van der Waals surface area contributed by atoms with Crippen molar-refractivity contribution in [3.05, 3.63) is 29.8 Å². The first-order valence-corrected chi connectivity index (χ1v) is 10.0. The molecule has 1 aromatic carbocycles. The SMILES string of the molecule is CC1(C)OB(c2cccc(CC(=O)C3CC4COCC(C3)N4)c2)OC1(C)C. The molecule has 5 nitrogen and oxygen atoms in total. The molecule has 0 amide bonds. The molecule has 4 rings (SSSR count). The van der Waals surface area contributed by atoms with E-state index in [9.17, 15) is 4.79 Å². The first-order valence-electron chi connectivity index (χ1n) is 10.0. The summed E-state index contributed by atoms with van der Waals surface area (Å²) in [5, 5.41) is 3.55. The van der Waals surface area contributed by atoms with Crippen LogP contribution in [0.5, 0.6) is 0 Å². The first kappa shape index (κ1) is 19.1. The lowest BCUT2D eigenvalue weighted by Gasteiger charge is -2.39. The van der Waals surface area contributed by atoms with Crippen LogP contribution in [0.3, 0.4) is 0 Å². The van der Waals surface area contributed by atoms with Gasteiger partial charge in [-0.3, -0.25) is 4.79 Å². The standard InChI is InChI=1S/C21H30BNO4/c1-20(2)21(3,4)27-22(26-20)16-7-5-6-14(8-16)9-19(24)15-10-17-12-25-13-18(11-15)23-17/h5-8,15,17-18,23H,9-13H2,1-4H3. The summed E-state index contributed by atoms with van der Waals surface area (Å²) in [7, 11) is -0.388. The van der Waals surface area contributed by atoms with Gasteiger partial charge in [0.25, 0.3) is 0 Å². The van der Waals surface area contributed by atoms with Gasteiger partial charge in [-0.2, -0.15) is 0 Å². The molecule has 3 saturated heterocycles. The van der Waals surface area contributed by atoms with Crippen LogP contribution in [0, 0.1) is 5.92 Å². The number of hydrogen-bond acceptors (Lipinski definition) is 5. The second kappa shape index (κ2) is 7.00. The van der Waals surface area contributed by atoms with E-state index in [1.807, 2.05) is 18.2 Å². The summed E-state index contributed by atoms with van der Waals surface area (Å²) in [5.74, 6) is 0.463. The van der Waals surface area contributed by atoms with Crippen LogP contribution in [0.4, 0.5) is 0 Å². The number of nitrogens with one attached hydrogen (secondary N) is 1. The molecule has 27 heavy (non-hydrogen) atoms. The summed E-state index contributed by atoms with van der Waals surface area (Å²) >= 11 is 0. The van der Waals surface area contributed by atoms with Crippen LogP contribution in [0.2, 0.25) is 0 Å². The summed E-state index contributed by atoms with van der Waals surface area (Å²) in [4.78, 5) is 12.9. The number of fused-ring (bicyclic) bond motifs is 2. The van der Waals surface area contributed by atoms with Crippen molar-refractivity contribution in [1.29, 1.82) is 0 Å². The van der Waals surface area contributed by atoms with Crippen LogP contribution in [0.25, 0.3) is 0 Å². The Morgan fingerprint density at radius 2 is 1.74 bits per heavy atom. The van der Waals surface area contributed by atoms with Crippen LogP contribution in [0.1, 0.15) is 46.1 Å². The Hall–Kier alpha value is -1.21. The van der Waals surface area contributed by atoms with Gasteiger partial charge in [-0.15, -0.1) is 0 Å². The van der Waals surface area contributed by atoms with Gasteiger partial charge in [0.05, 0.1) is 24.4 Å². The lowest BCUT2D eigenvalue weighted by atomic mass is 9.77. The van der Waals surface area contributed by atoms with E-state index in [1.165, 1.54) is 0 Å². The third kappa shape index (κ3) is 3.86. The Kier molecular flexibility index (Phi) is 4.96. The van der Waals surface area contributed by atoms with E-state index in [0.29, 0.717) is 24.3 Å². The average Bonchev–Trinajstić information content (AvgIpc) is 2.82. The molecule has 146 valence electrons. The number of rotatable bonds is 4. The fourth-order valence-corrected chi connectivity index (χ4v) is 4.27. The molecule has 1 N–H and O–H groups in total. The van der Waals surface area contributed by atoms with Crippen LogP contribution in [-0.4, -0.2) is 49.4 Å². The fraction of sp³-hybridized carbons (Fsp3) is 0.667. The van der Waals surface area contributed by atoms with E-state index in [0.717, 1.165) is 37.1 Å². The average molecular weight is 371 g/mol. The highest BCUT2D eigenvalue weighted by atomic mass is 16.7. The number of benzene rings is 1. The van der Waals surface area contributed by atoms with Gasteiger partial charge >= 0.3 is 7.12 Å². The first-order chi connectivity index (χ1) is 12.7. The highest BCUT2D eigenvalue weighted by Crippen LogP contribution is 2.36. The molecule has 2 unspecified atom stereocenters. The predicted octanol–water partition coefficient (Wildman–Crippen LogP) is 1.86. The van der Waals surface area contributed by atoms with Crippen molar-refractivity contribution in [2.45, 2.75) is 70.2 Å². The molecule has 2 atom stereocenters. The van der Waals surface area contributed by atoms with Crippen molar-refractivity contribution >= 4 is 18.4 Å². The molecule has 0 spiro atoms. The van der Waals surface area contributed by atoms with Gasteiger partial charge in [0.15, 0.2) is 0 Å². The normalized spacial score (nSPS) is 31.7. The summed E-state index contributed by atoms with van der Waals surface area (Å²) in [6, 6.07) is 8.74. The molecule has 0 aliphatic carbocycles. The third-order valence-electron chi connectivity index (χ3n) is 6.56. The van der Waals surface area contributed by atoms with E-state index in [1.54, 1.807) is 0 Å². The van der Waals surface area contributed by atoms with Crippen molar-refractivity contribution in [2.75, 3.05) is 13.2 Å². The highest BCUT2D eigenvalue weighted by molar-refractivity contribution is 6.62. The van der Waals surface area contributed by atoms with E-state index in [4.69, 9.17) is 14.0 Å². The van der Waals surface area contributed by atoms with E-state index in [-0.39, 0.29) is 24.2 Å². The van der Waals surface area contributed by atoms with Gasteiger partial charge in [0, 0.05) is 24.4 Å². The van der Waals surface area contributed by atoms with Crippen LogP contribution < -0.4 is 10.8 Å². The van der Waals surface area contributed by atoms with Crippen LogP contribution in [0.15, 0.2) is 24.3 Å². The van der Waals surface area contributed by atoms with Gasteiger partial charge in [-0.05, 0) is 51.6 Å². The maximum Gasteiger partial charge on any atom is 0.494 e. The van der Waals surface area contributed by atoms with Gasteiger partial charge in [0.2, 0.25) is 0 Å². The highest BCUT2D eigenvalue weighted by Gasteiger charge is 2.51. The smallest absolute Gasteiger partial charge is 0.399 e. The monoisotopic (exact) mass is 371 g/mol. The molecular weight excluding hydrogens is 341 g/mol. The number of hydrogen-bond donors (Lipinski definition) is 1. The Labute approximate surface area is 162 Å². The van der Waals surface area contributed by atoms with E-state index in [2.05, 4.69) is 39.1 Å². The molecule has 3 heterocycles. The summed E-state index contributed by atoms with van der Waals surface area (Å²) in [5.41, 5.74) is 1.29. The third-order valence-corrected chi connectivity index (χ3v) is 6.56. The zero-order valence-electron chi connectivity index (χ0n) is 16.8. The van der Waals surface area contributed by atoms with Crippen LogP contribution >= 0.6 is 0 Å². The molecule has 3 aliphatic heterocycles. The number of ether oxygens (including phenoxy) is 1. The summed E-state index contributed by atoms with van der Waals surface area (Å²) < 4.78 is 17.9. The number of carbonyl (C=O) groups excluding carboxylic acids is 1. The molecule has 0 saturated carbocycles. The molecule has 3 fully saturated rings. The molecule has 6 heteroatoms. The van der Waals surface area contributed by atoms with Gasteiger partial charge in [-0.25, -0.2) is 0 Å². The molecule has 3 aliphatic rings. The summed E-state index contributed by atoms with van der Waals surface area (Å²) in [6.45, 7) is 9.65. The van der Waals surface area contributed by atoms with E-state index >= 15 is 0 Å². The number of Topliss-reactive ketones (excluding diaryl/α,β-unsaturated/α-hetero) is 1. The maximum atomic E-state index is 12.9. The Balaban J connectivity index is 1.43. The fourth-order valence-electron chi connectivity index (χ4n) is 4.27. The Morgan fingerprint density at radius 3 is 2.37 bits per heavy atom. The molecule has 2 bridgehead atoms. The predicted molar refractivity (Wildman–Crippen MR) is 105 cm³/mol. The number of morpholine rings is 1. The largest absolute Gasteiger partial charge is 0.494 e. The lowest BCUT2D eigenvalue weighted by Crippen LogP contribution is -2.55. The number of ketones is 1. The van der Waals surface area contributed by atoms with Crippen molar-refractivity contribution in [1.82, 2.24) is 5.32 Å². The zero-order valence-corrected chi connectivity index (χ0v) is 16.8. The van der Waals surface area contributed by atoms with E-state index < -0.39 is 0 Å². The molecular formula is C21H30BNO4. The maximum absolute atomic E-state index is 12.9. The van der Waals surface area contributed by atoms with Gasteiger partial charge < -0.3 is 19.4 Å². The molecule has 0 radical (unpaired) electrons. The number of piperidine rings is 1. The van der Waals surface area contributed by atoms with Crippen molar-refractivity contribution in [2.24, 2.45) is 5.92 Å². The van der Waals surface area contributed by atoms with Crippen LogP contribution in [-0.2, 0) is 25.3 Å².